The summed E-state index contributed by atoms with van der Waals surface area (Å²) in [7, 11) is 0. The fourth-order valence-electron chi connectivity index (χ4n) is 1.70. The molecule has 86 valence electrons. The third-order valence-corrected chi connectivity index (χ3v) is 2.81. The maximum absolute atomic E-state index is 11.6. The highest BCUT2D eigenvalue weighted by atomic mass is 16.2. The molecule has 0 aliphatic heterocycles. The van der Waals surface area contributed by atoms with Gasteiger partial charge in [-0.1, -0.05) is 12.1 Å². The molecule has 1 amide bonds. The molecule has 1 saturated carbocycles. The molecule has 0 saturated heterocycles. The first-order valence-electron chi connectivity index (χ1n) is 5.89. The highest BCUT2D eigenvalue weighted by Gasteiger charge is 2.29. The van der Waals surface area contributed by atoms with Crippen LogP contribution in [0.25, 0.3) is 0 Å². The van der Waals surface area contributed by atoms with Crippen molar-refractivity contribution in [3.05, 3.63) is 29.8 Å². The maximum Gasteiger partial charge on any atom is 0.227 e. The Morgan fingerprint density at radius 2 is 2.25 bits per heavy atom. The summed E-state index contributed by atoms with van der Waals surface area (Å²) in [5, 5.41) is 2.95. The van der Waals surface area contributed by atoms with E-state index in [-0.39, 0.29) is 11.8 Å². The molecule has 1 aliphatic rings. The highest BCUT2D eigenvalue weighted by Crippen LogP contribution is 2.30. The number of hydrogen-bond acceptors (Lipinski definition) is 2. The number of hydrogen-bond donors (Lipinski definition) is 2. The van der Waals surface area contributed by atoms with Crippen molar-refractivity contribution < 1.29 is 4.79 Å². The van der Waals surface area contributed by atoms with Crippen LogP contribution >= 0.6 is 0 Å². The van der Waals surface area contributed by atoms with E-state index in [9.17, 15) is 4.79 Å². The summed E-state index contributed by atoms with van der Waals surface area (Å²) < 4.78 is 0. The number of amides is 1. The zero-order valence-corrected chi connectivity index (χ0v) is 9.41. The van der Waals surface area contributed by atoms with E-state index in [0.717, 1.165) is 31.4 Å². The minimum absolute atomic E-state index is 0.163. The Hall–Kier alpha value is -1.35. The summed E-state index contributed by atoms with van der Waals surface area (Å²) in [6.07, 6.45) is 4.04. The SMILES string of the molecule is NCCCc1cccc(NC(=O)C2CC2)c1. The van der Waals surface area contributed by atoms with Gasteiger partial charge in [0.1, 0.15) is 0 Å². The van der Waals surface area contributed by atoms with Gasteiger partial charge in [-0.15, -0.1) is 0 Å². The van der Waals surface area contributed by atoms with Gasteiger partial charge in [0.2, 0.25) is 5.91 Å². The zero-order valence-electron chi connectivity index (χ0n) is 9.41. The topological polar surface area (TPSA) is 55.1 Å². The molecule has 16 heavy (non-hydrogen) atoms. The van der Waals surface area contributed by atoms with Crippen LogP contribution in [0, 0.1) is 5.92 Å². The van der Waals surface area contributed by atoms with Gasteiger partial charge in [-0.2, -0.15) is 0 Å². The van der Waals surface area contributed by atoms with E-state index < -0.39 is 0 Å². The van der Waals surface area contributed by atoms with Crippen LogP contribution in [0.4, 0.5) is 5.69 Å². The van der Waals surface area contributed by atoms with Crippen LogP contribution in [0.1, 0.15) is 24.8 Å². The number of anilines is 1. The second-order valence-corrected chi connectivity index (χ2v) is 4.36. The molecular weight excluding hydrogens is 200 g/mol. The van der Waals surface area contributed by atoms with E-state index in [1.54, 1.807) is 0 Å². The number of aryl methyl sites for hydroxylation is 1. The van der Waals surface area contributed by atoms with E-state index in [1.165, 1.54) is 5.56 Å². The van der Waals surface area contributed by atoms with Gasteiger partial charge in [0, 0.05) is 11.6 Å². The number of carbonyl (C=O) groups is 1. The largest absolute Gasteiger partial charge is 0.330 e. The molecule has 0 bridgehead atoms. The molecule has 1 fully saturated rings. The van der Waals surface area contributed by atoms with Crippen LogP contribution in [0.2, 0.25) is 0 Å². The molecule has 0 radical (unpaired) electrons. The summed E-state index contributed by atoms with van der Waals surface area (Å²) in [5.41, 5.74) is 7.62. The Bertz CT molecular complexity index is 372. The predicted molar refractivity (Wildman–Crippen MR) is 65.2 cm³/mol. The Balaban J connectivity index is 1.95. The Morgan fingerprint density at radius 1 is 1.44 bits per heavy atom. The molecule has 1 aliphatic carbocycles. The number of carbonyl (C=O) groups excluding carboxylic acids is 1. The van der Waals surface area contributed by atoms with Crippen LogP contribution in [0.5, 0.6) is 0 Å². The molecule has 3 heteroatoms. The fraction of sp³-hybridized carbons (Fsp3) is 0.462. The molecule has 0 atom stereocenters. The lowest BCUT2D eigenvalue weighted by Crippen LogP contribution is -2.13. The number of rotatable bonds is 5. The van der Waals surface area contributed by atoms with Crippen LogP contribution in [-0.4, -0.2) is 12.5 Å². The van der Waals surface area contributed by atoms with Crippen molar-refractivity contribution in [1.29, 1.82) is 0 Å². The van der Waals surface area contributed by atoms with Gasteiger partial charge in [-0.05, 0) is 49.9 Å². The van der Waals surface area contributed by atoms with Crippen LogP contribution < -0.4 is 11.1 Å². The van der Waals surface area contributed by atoms with Gasteiger partial charge in [-0.25, -0.2) is 0 Å². The van der Waals surface area contributed by atoms with Gasteiger partial charge in [0.05, 0.1) is 0 Å². The zero-order chi connectivity index (χ0) is 11.4. The lowest BCUT2D eigenvalue weighted by atomic mass is 10.1. The van der Waals surface area contributed by atoms with E-state index in [4.69, 9.17) is 5.73 Å². The minimum atomic E-state index is 0.163. The molecule has 1 aromatic rings. The summed E-state index contributed by atoms with van der Waals surface area (Å²) >= 11 is 0. The van der Waals surface area contributed by atoms with Gasteiger partial charge < -0.3 is 11.1 Å². The molecule has 3 nitrogen and oxygen atoms in total. The molecule has 0 heterocycles. The van der Waals surface area contributed by atoms with Crippen molar-refractivity contribution in [3.8, 4) is 0 Å². The predicted octanol–water partition coefficient (Wildman–Crippen LogP) is 1.93. The minimum Gasteiger partial charge on any atom is -0.330 e. The summed E-state index contributed by atoms with van der Waals surface area (Å²) in [6.45, 7) is 0.707. The molecule has 0 unspecified atom stereocenters. The first-order valence-corrected chi connectivity index (χ1v) is 5.89. The quantitative estimate of drug-likeness (QED) is 0.793. The third kappa shape index (κ3) is 3.07. The van der Waals surface area contributed by atoms with E-state index >= 15 is 0 Å². The first kappa shape index (κ1) is 11.1. The molecule has 0 spiro atoms. The first-order chi connectivity index (χ1) is 7.79. The molecular formula is C13H18N2O. The third-order valence-electron chi connectivity index (χ3n) is 2.81. The van der Waals surface area contributed by atoms with Crippen molar-refractivity contribution in [3.63, 3.8) is 0 Å². The monoisotopic (exact) mass is 218 g/mol. The fourth-order valence-corrected chi connectivity index (χ4v) is 1.70. The van der Waals surface area contributed by atoms with Gasteiger partial charge >= 0.3 is 0 Å². The molecule has 3 N–H and O–H groups in total. The number of nitrogens with two attached hydrogens (primary N) is 1. The number of benzene rings is 1. The second-order valence-electron chi connectivity index (χ2n) is 4.36. The Labute approximate surface area is 96.0 Å². The van der Waals surface area contributed by atoms with Crippen molar-refractivity contribution >= 4 is 11.6 Å². The highest BCUT2D eigenvalue weighted by molar-refractivity contribution is 5.94. The van der Waals surface area contributed by atoms with Crippen LogP contribution in [-0.2, 0) is 11.2 Å². The Morgan fingerprint density at radius 3 is 2.94 bits per heavy atom. The smallest absolute Gasteiger partial charge is 0.227 e. The van der Waals surface area contributed by atoms with Crippen LogP contribution in [0.3, 0.4) is 0 Å². The second kappa shape index (κ2) is 5.12. The van der Waals surface area contributed by atoms with Crippen molar-refractivity contribution in [2.45, 2.75) is 25.7 Å². The van der Waals surface area contributed by atoms with Crippen molar-refractivity contribution in [2.75, 3.05) is 11.9 Å². The van der Waals surface area contributed by atoms with Crippen molar-refractivity contribution in [2.24, 2.45) is 11.7 Å². The van der Waals surface area contributed by atoms with Crippen molar-refractivity contribution in [1.82, 2.24) is 0 Å². The summed E-state index contributed by atoms with van der Waals surface area (Å²) in [5.74, 6) is 0.420. The average molecular weight is 218 g/mol. The van der Waals surface area contributed by atoms with Crippen LogP contribution in [0.15, 0.2) is 24.3 Å². The molecule has 1 aromatic carbocycles. The molecule has 0 aromatic heterocycles. The van der Waals surface area contributed by atoms with Gasteiger partial charge in [0.15, 0.2) is 0 Å². The van der Waals surface area contributed by atoms with Gasteiger partial charge in [0.25, 0.3) is 0 Å². The maximum atomic E-state index is 11.6. The Kier molecular flexibility index (Phi) is 3.57. The normalized spacial score (nSPS) is 14.8. The van der Waals surface area contributed by atoms with E-state index in [1.807, 2.05) is 18.2 Å². The standard InChI is InChI=1S/C13H18N2O/c14-8-2-4-10-3-1-5-12(9-10)15-13(16)11-6-7-11/h1,3,5,9,11H,2,4,6-8,14H2,(H,15,16). The number of nitrogens with one attached hydrogen (secondary N) is 1. The lowest BCUT2D eigenvalue weighted by Gasteiger charge is -2.06. The van der Waals surface area contributed by atoms with Gasteiger partial charge in [-0.3, -0.25) is 4.79 Å². The molecule has 2 rings (SSSR count). The lowest BCUT2D eigenvalue weighted by molar-refractivity contribution is -0.117. The van der Waals surface area contributed by atoms with E-state index in [0.29, 0.717) is 6.54 Å². The summed E-state index contributed by atoms with van der Waals surface area (Å²) in [6, 6.07) is 8.03. The summed E-state index contributed by atoms with van der Waals surface area (Å²) in [4.78, 5) is 11.6. The average Bonchev–Trinajstić information content (AvgIpc) is 3.10. The van der Waals surface area contributed by atoms with E-state index in [2.05, 4.69) is 11.4 Å².